The van der Waals surface area contributed by atoms with E-state index < -0.39 is 0 Å². The van der Waals surface area contributed by atoms with Crippen LogP contribution in [0.3, 0.4) is 0 Å². The van der Waals surface area contributed by atoms with Gasteiger partial charge in [0, 0.05) is 27.7 Å². The monoisotopic (exact) mass is 500 g/mol. The van der Waals surface area contributed by atoms with E-state index in [0.717, 1.165) is 45.1 Å². The molecule has 2 saturated carbocycles. The molecule has 2 saturated heterocycles. The Labute approximate surface area is 216 Å². The third-order valence-corrected chi connectivity index (χ3v) is 11.4. The molecule has 2 aliphatic carbocycles. The van der Waals surface area contributed by atoms with Gasteiger partial charge in [0.25, 0.3) is 0 Å². The fourth-order valence-corrected chi connectivity index (χ4v) is 9.38. The second-order valence-corrected chi connectivity index (χ2v) is 13.2. The predicted molar refractivity (Wildman–Crippen MR) is 141 cm³/mol. The van der Waals surface area contributed by atoms with Crippen molar-refractivity contribution < 1.29 is 19.3 Å². The van der Waals surface area contributed by atoms with Crippen LogP contribution in [-0.2, 0) is 14.2 Å². The fraction of sp³-hybridized carbons (Fsp3) is 0.733. The first-order valence-corrected chi connectivity index (χ1v) is 14.6. The minimum atomic E-state index is -0.326. The summed E-state index contributed by atoms with van der Waals surface area (Å²) in [6, 6.07) is 10.6. The first-order chi connectivity index (χ1) is 16.8. The van der Waals surface area contributed by atoms with Crippen molar-refractivity contribution in [1.82, 2.24) is 0 Å². The van der Waals surface area contributed by atoms with Crippen molar-refractivity contribution in [3.05, 3.63) is 43.0 Å². The summed E-state index contributed by atoms with van der Waals surface area (Å²) in [7, 11) is 0. The summed E-state index contributed by atoms with van der Waals surface area (Å²) in [6.45, 7) is 12.7. The van der Waals surface area contributed by atoms with Gasteiger partial charge in [-0.1, -0.05) is 56.8 Å². The largest absolute Gasteiger partial charge is 0.392 e. The van der Waals surface area contributed by atoms with Crippen LogP contribution in [0.25, 0.3) is 0 Å². The summed E-state index contributed by atoms with van der Waals surface area (Å²) in [6.07, 6.45) is 10.1. The lowest BCUT2D eigenvalue weighted by Gasteiger charge is -2.56. The molecular weight excluding hydrogens is 456 g/mol. The number of aliphatic hydroxyl groups excluding tert-OH is 1. The lowest BCUT2D eigenvalue weighted by Crippen LogP contribution is -2.59. The lowest BCUT2D eigenvalue weighted by molar-refractivity contribution is -0.178. The highest BCUT2D eigenvalue weighted by atomic mass is 32.2. The zero-order chi connectivity index (χ0) is 24.7. The summed E-state index contributed by atoms with van der Waals surface area (Å²) < 4.78 is 19.2. The molecule has 0 aromatic heterocycles. The third kappa shape index (κ3) is 4.33. The Morgan fingerprint density at radius 3 is 2.66 bits per heavy atom. The summed E-state index contributed by atoms with van der Waals surface area (Å²) in [4.78, 5) is 1.22. The molecule has 1 N–H and O–H groups in total. The minimum Gasteiger partial charge on any atom is -0.392 e. The Balaban J connectivity index is 1.44. The van der Waals surface area contributed by atoms with Crippen molar-refractivity contribution in [2.24, 2.45) is 28.1 Å². The maximum atomic E-state index is 11.7. The van der Waals surface area contributed by atoms with Gasteiger partial charge in [0.2, 0.25) is 0 Å². The molecule has 2 aliphatic heterocycles. The van der Waals surface area contributed by atoms with Crippen molar-refractivity contribution in [1.29, 1.82) is 0 Å². The molecule has 0 amide bonds. The maximum Gasteiger partial charge on any atom is 0.157 e. The van der Waals surface area contributed by atoms with Gasteiger partial charge in [-0.2, -0.15) is 0 Å². The smallest absolute Gasteiger partial charge is 0.157 e. The first kappa shape index (κ1) is 25.8. The topological polar surface area (TPSA) is 47.9 Å². The number of thioether (sulfide) groups is 1. The Morgan fingerprint density at radius 1 is 1.17 bits per heavy atom. The summed E-state index contributed by atoms with van der Waals surface area (Å²) in [5.41, 5.74) is -0.616. The number of aliphatic hydroxyl groups is 1. The van der Waals surface area contributed by atoms with E-state index in [0.29, 0.717) is 18.4 Å². The first-order valence-electron chi connectivity index (χ1n) is 13.8. The van der Waals surface area contributed by atoms with Crippen LogP contribution in [0.15, 0.2) is 47.9 Å². The SMILES string of the molecule is C=C[C@@](C)(CO[C@@H]1CCCCO1)C[C@H]1O[C@@H](Sc2ccccc2)[C@@]23[C@@H](CC[C@@H](C)[C@@]12C)CC[C@H]3O. The van der Waals surface area contributed by atoms with Gasteiger partial charge in [0.05, 0.1) is 18.8 Å². The van der Waals surface area contributed by atoms with E-state index in [1.807, 2.05) is 11.8 Å². The number of benzene rings is 1. The number of hydrogen-bond acceptors (Lipinski definition) is 5. The molecule has 0 radical (unpaired) electrons. The Morgan fingerprint density at radius 2 is 1.94 bits per heavy atom. The molecule has 1 aromatic rings. The number of rotatable bonds is 8. The normalized spacial score (nSPS) is 42.7. The quantitative estimate of drug-likeness (QED) is 0.397. The average molecular weight is 501 g/mol. The minimum absolute atomic E-state index is 0.0353. The zero-order valence-corrected chi connectivity index (χ0v) is 22.6. The zero-order valence-electron chi connectivity index (χ0n) is 21.8. The van der Waals surface area contributed by atoms with Gasteiger partial charge in [-0.3, -0.25) is 0 Å². The standard InChI is InChI=1S/C30H44O4S/c1-5-28(3,20-33-26-13-9-10-18-32-26)19-25-29(4)21(2)14-15-22-16-17-24(31)30(22,29)27(34-25)35-23-11-7-6-8-12-23/h5-8,11-12,21-22,24-27,31H,1,9-10,13-20H2,2-4H3/t21-,22+,24-,25-,26-,27+,28-,29+,30+/m1/s1. The Bertz CT molecular complexity index is 872. The van der Waals surface area contributed by atoms with Crippen LogP contribution in [-0.4, -0.2) is 42.3 Å². The molecule has 1 aromatic carbocycles. The highest BCUT2D eigenvalue weighted by Crippen LogP contribution is 2.73. The molecule has 9 atom stereocenters. The van der Waals surface area contributed by atoms with E-state index in [1.165, 1.54) is 17.7 Å². The molecule has 0 unspecified atom stereocenters. The van der Waals surface area contributed by atoms with Crippen molar-refractivity contribution in [2.45, 2.75) is 101 Å². The third-order valence-electron chi connectivity index (χ3n) is 10.1. The number of hydrogen-bond donors (Lipinski definition) is 1. The van der Waals surface area contributed by atoms with E-state index in [1.54, 1.807) is 0 Å². The molecule has 5 rings (SSSR count). The summed E-state index contributed by atoms with van der Waals surface area (Å²) in [5.74, 6) is 0.987. The van der Waals surface area contributed by atoms with Gasteiger partial charge in [-0.25, -0.2) is 0 Å². The van der Waals surface area contributed by atoms with Gasteiger partial charge in [0.1, 0.15) is 5.44 Å². The number of ether oxygens (including phenoxy) is 3. The van der Waals surface area contributed by atoms with E-state index in [2.05, 4.69) is 63.8 Å². The maximum absolute atomic E-state index is 11.7. The lowest BCUT2D eigenvalue weighted by atomic mass is 9.47. The molecule has 194 valence electrons. The van der Waals surface area contributed by atoms with E-state index in [9.17, 15) is 5.11 Å². The molecular formula is C30H44O4S. The molecule has 4 aliphatic rings. The summed E-state index contributed by atoms with van der Waals surface area (Å²) in [5, 5.41) is 11.7. The van der Waals surface area contributed by atoms with Crippen LogP contribution < -0.4 is 0 Å². The van der Waals surface area contributed by atoms with Gasteiger partial charge in [-0.05, 0) is 75.3 Å². The summed E-state index contributed by atoms with van der Waals surface area (Å²) >= 11 is 1.82. The van der Waals surface area contributed by atoms with Crippen molar-refractivity contribution in [3.63, 3.8) is 0 Å². The van der Waals surface area contributed by atoms with Crippen LogP contribution in [0.5, 0.6) is 0 Å². The second kappa shape index (κ2) is 10.1. The van der Waals surface area contributed by atoms with Crippen LogP contribution in [0.4, 0.5) is 0 Å². The molecule has 4 nitrogen and oxygen atoms in total. The molecule has 5 heteroatoms. The van der Waals surface area contributed by atoms with E-state index >= 15 is 0 Å². The van der Waals surface area contributed by atoms with Gasteiger partial charge in [0.15, 0.2) is 6.29 Å². The van der Waals surface area contributed by atoms with Crippen LogP contribution in [0, 0.1) is 28.1 Å². The van der Waals surface area contributed by atoms with Crippen LogP contribution >= 0.6 is 11.8 Å². The highest BCUT2D eigenvalue weighted by Gasteiger charge is 2.74. The molecule has 35 heavy (non-hydrogen) atoms. The van der Waals surface area contributed by atoms with Crippen molar-refractivity contribution in [2.75, 3.05) is 13.2 Å². The van der Waals surface area contributed by atoms with E-state index in [-0.39, 0.29) is 40.2 Å². The van der Waals surface area contributed by atoms with Crippen LogP contribution in [0.2, 0.25) is 0 Å². The molecule has 0 bridgehead atoms. The van der Waals surface area contributed by atoms with Crippen molar-refractivity contribution in [3.8, 4) is 0 Å². The van der Waals surface area contributed by atoms with Gasteiger partial charge in [-0.15, -0.1) is 6.58 Å². The van der Waals surface area contributed by atoms with Gasteiger partial charge >= 0.3 is 0 Å². The highest BCUT2D eigenvalue weighted by molar-refractivity contribution is 7.99. The molecule has 4 fully saturated rings. The second-order valence-electron chi connectivity index (χ2n) is 12.0. The average Bonchev–Trinajstić information content (AvgIpc) is 3.35. The van der Waals surface area contributed by atoms with Crippen LogP contribution in [0.1, 0.15) is 72.1 Å². The Kier molecular flexibility index (Phi) is 7.47. The fourth-order valence-electron chi connectivity index (χ4n) is 7.83. The molecule has 2 heterocycles. The van der Waals surface area contributed by atoms with E-state index in [4.69, 9.17) is 14.2 Å². The van der Waals surface area contributed by atoms with Crippen molar-refractivity contribution >= 4 is 11.8 Å². The molecule has 1 spiro atoms. The predicted octanol–water partition coefficient (Wildman–Crippen LogP) is 6.82. The Hall–Kier alpha value is -0.850. The van der Waals surface area contributed by atoms with Gasteiger partial charge < -0.3 is 19.3 Å².